The summed E-state index contributed by atoms with van der Waals surface area (Å²) < 4.78 is 12.8. The molecule has 2 aliphatic rings. The third kappa shape index (κ3) is 3.65. The molecule has 0 aromatic carbocycles. The predicted molar refractivity (Wildman–Crippen MR) is 101 cm³/mol. The highest BCUT2D eigenvalue weighted by molar-refractivity contribution is 8.13. The molecule has 5 atom stereocenters. The van der Waals surface area contributed by atoms with Crippen LogP contribution in [0.4, 0.5) is 10.6 Å². The van der Waals surface area contributed by atoms with Gasteiger partial charge in [-0.25, -0.2) is 15.0 Å². The Bertz CT molecular complexity index is 844. The molecule has 4 N–H and O–H groups in total. The Labute approximate surface area is 164 Å². The monoisotopic (exact) mass is 410 g/mol. The van der Waals surface area contributed by atoms with Crippen molar-refractivity contribution in [1.82, 2.24) is 24.8 Å². The largest absolute Gasteiger partial charge is 0.387 e. The van der Waals surface area contributed by atoms with Crippen LogP contribution in [0.3, 0.4) is 0 Å². The van der Waals surface area contributed by atoms with Gasteiger partial charge < -0.3 is 30.3 Å². The van der Waals surface area contributed by atoms with Gasteiger partial charge in [0.25, 0.3) is 5.24 Å². The molecule has 2 aliphatic heterocycles. The molecule has 2 aromatic rings. The molecule has 0 spiro atoms. The Morgan fingerprint density at radius 3 is 2.96 bits per heavy atom. The highest BCUT2D eigenvalue weighted by Crippen LogP contribution is 2.33. The minimum absolute atomic E-state index is 0.157. The number of carbonyl (C=O) groups excluding carboxylic acids is 1. The number of fused-ring (bicyclic) bond motifs is 1. The van der Waals surface area contributed by atoms with Gasteiger partial charge in [0.05, 0.1) is 25.1 Å². The zero-order valence-electron chi connectivity index (χ0n) is 15.2. The molecule has 2 aromatic heterocycles. The average molecular weight is 410 g/mol. The summed E-state index contributed by atoms with van der Waals surface area (Å²) in [5.74, 6) is 0.795. The van der Waals surface area contributed by atoms with Crippen molar-refractivity contribution >= 4 is 34.0 Å². The van der Waals surface area contributed by atoms with Crippen LogP contribution in [0.15, 0.2) is 12.7 Å². The number of imidazole rings is 1. The Hall–Kier alpha value is -1.99. The normalized spacial score (nSPS) is 30.0. The molecular weight excluding hydrogens is 388 g/mol. The standard InChI is InChI=1S/C16H22N6O5S/c1-17-16(25)28-5-9-11(23)12(24)15(27-9)22-7-20-10-13(18-6-19-14(10)22)21-8-2-3-26-4-8/h6-9,11-12,15,23-24H,2-5H2,1H3,(H,17,25)(H,18,19,21). The van der Waals surface area contributed by atoms with E-state index >= 15 is 0 Å². The second-order valence-electron chi connectivity index (χ2n) is 6.65. The van der Waals surface area contributed by atoms with Gasteiger partial charge in [-0.2, -0.15) is 0 Å². The lowest BCUT2D eigenvalue weighted by Crippen LogP contribution is -2.33. The van der Waals surface area contributed by atoms with E-state index in [1.165, 1.54) is 19.7 Å². The molecule has 2 fully saturated rings. The van der Waals surface area contributed by atoms with Crippen LogP contribution in [-0.4, -0.2) is 85.3 Å². The smallest absolute Gasteiger partial charge is 0.278 e. The van der Waals surface area contributed by atoms with Crippen LogP contribution < -0.4 is 10.6 Å². The summed E-state index contributed by atoms with van der Waals surface area (Å²) in [6.45, 7) is 1.31. The number of amides is 1. The van der Waals surface area contributed by atoms with Crippen molar-refractivity contribution in [2.75, 3.05) is 31.3 Å². The van der Waals surface area contributed by atoms with E-state index in [4.69, 9.17) is 9.47 Å². The summed E-state index contributed by atoms with van der Waals surface area (Å²) in [5.41, 5.74) is 1.02. The fraction of sp³-hybridized carbons (Fsp3) is 0.625. The molecule has 4 heterocycles. The second kappa shape index (κ2) is 8.17. The number of aromatic nitrogens is 4. The maximum Gasteiger partial charge on any atom is 0.278 e. The van der Waals surface area contributed by atoms with Crippen LogP contribution in [-0.2, 0) is 9.47 Å². The molecule has 152 valence electrons. The van der Waals surface area contributed by atoms with Crippen molar-refractivity contribution in [3.05, 3.63) is 12.7 Å². The molecule has 0 saturated carbocycles. The molecule has 11 nitrogen and oxygen atoms in total. The Balaban J connectivity index is 1.54. The first-order chi connectivity index (χ1) is 13.6. The SMILES string of the molecule is CNC(=O)SCC1OC(n2cnc3c(NC4CCOC4)ncnc32)C(O)C1O. The van der Waals surface area contributed by atoms with Crippen molar-refractivity contribution in [1.29, 1.82) is 0 Å². The fourth-order valence-corrected chi connectivity index (χ4v) is 4.05. The number of anilines is 1. The first-order valence-electron chi connectivity index (χ1n) is 8.96. The van der Waals surface area contributed by atoms with Gasteiger partial charge in [0, 0.05) is 19.4 Å². The van der Waals surface area contributed by atoms with Gasteiger partial charge in [0.2, 0.25) is 0 Å². The van der Waals surface area contributed by atoms with E-state index in [2.05, 4.69) is 25.6 Å². The summed E-state index contributed by atoms with van der Waals surface area (Å²) in [6.07, 6.45) is -0.0763. The number of thioether (sulfide) groups is 1. The third-order valence-electron chi connectivity index (χ3n) is 4.82. The summed E-state index contributed by atoms with van der Waals surface area (Å²) >= 11 is 0.984. The number of hydrogen-bond acceptors (Lipinski definition) is 10. The Morgan fingerprint density at radius 1 is 1.36 bits per heavy atom. The van der Waals surface area contributed by atoms with Gasteiger partial charge in [0.1, 0.15) is 18.5 Å². The van der Waals surface area contributed by atoms with Crippen molar-refractivity contribution in [2.24, 2.45) is 0 Å². The van der Waals surface area contributed by atoms with Crippen LogP contribution >= 0.6 is 11.8 Å². The van der Waals surface area contributed by atoms with E-state index < -0.39 is 24.5 Å². The molecule has 0 bridgehead atoms. The van der Waals surface area contributed by atoms with Gasteiger partial charge in [0.15, 0.2) is 23.2 Å². The van der Waals surface area contributed by atoms with Crippen molar-refractivity contribution in [3.63, 3.8) is 0 Å². The lowest BCUT2D eigenvalue weighted by atomic mass is 10.1. The maximum absolute atomic E-state index is 11.4. The number of rotatable bonds is 5. The highest BCUT2D eigenvalue weighted by atomic mass is 32.2. The fourth-order valence-electron chi connectivity index (χ4n) is 3.31. The molecule has 4 rings (SSSR count). The molecule has 2 saturated heterocycles. The minimum Gasteiger partial charge on any atom is -0.387 e. The van der Waals surface area contributed by atoms with Gasteiger partial charge in [-0.1, -0.05) is 11.8 Å². The van der Waals surface area contributed by atoms with Crippen LogP contribution in [0.2, 0.25) is 0 Å². The summed E-state index contributed by atoms with van der Waals surface area (Å²) in [5, 5.41) is 26.3. The summed E-state index contributed by atoms with van der Waals surface area (Å²) in [7, 11) is 1.53. The number of nitrogens with zero attached hydrogens (tertiary/aromatic N) is 4. The van der Waals surface area contributed by atoms with E-state index in [1.54, 1.807) is 4.57 Å². The van der Waals surface area contributed by atoms with Gasteiger partial charge in [-0.05, 0) is 6.42 Å². The predicted octanol–water partition coefficient (Wildman–Crippen LogP) is -0.281. The number of carbonyl (C=O) groups is 1. The molecule has 5 unspecified atom stereocenters. The first-order valence-corrected chi connectivity index (χ1v) is 9.95. The summed E-state index contributed by atoms with van der Waals surface area (Å²) in [6, 6.07) is 0.157. The number of aliphatic hydroxyl groups excluding tert-OH is 2. The van der Waals surface area contributed by atoms with Gasteiger partial charge in [-0.15, -0.1) is 0 Å². The maximum atomic E-state index is 11.4. The Kier molecular flexibility index (Phi) is 5.64. The molecule has 12 heteroatoms. The second-order valence-corrected chi connectivity index (χ2v) is 7.64. The number of aliphatic hydroxyl groups is 2. The number of nitrogens with one attached hydrogen (secondary N) is 2. The molecule has 0 radical (unpaired) electrons. The van der Waals surface area contributed by atoms with Crippen molar-refractivity contribution < 1.29 is 24.5 Å². The van der Waals surface area contributed by atoms with Crippen molar-refractivity contribution in [3.8, 4) is 0 Å². The van der Waals surface area contributed by atoms with E-state index in [0.29, 0.717) is 30.2 Å². The molecule has 1 amide bonds. The minimum atomic E-state index is -1.18. The van der Waals surface area contributed by atoms with Gasteiger partial charge >= 0.3 is 0 Å². The van der Waals surface area contributed by atoms with Crippen LogP contribution in [0.5, 0.6) is 0 Å². The van der Waals surface area contributed by atoms with Crippen LogP contribution in [0, 0.1) is 0 Å². The molecule has 0 aliphatic carbocycles. The van der Waals surface area contributed by atoms with Gasteiger partial charge in [-0.3, -0.25) is 9.36 Å². The van der Waals surface area contributed by atoms with Crippen LogP contribution in [0.1, 0.15) is 12.6 Å². The topological polar surface area (TPSA) is 144 Å². The molecule has 28 heavy (non-hydrogen) atoms. The van der Waals surface area contributed by atoms with E-state index in [9.17, 15) is 15.0 Å². The number of ether oxygens (including phenoxy) is 2. The average Bonchev–Trinajstić information content (AvgIpc) is 3.42. The Morgan fingerprint density at radius 2 is 2.21 bits per heavy atom. The summed E-state index contributed by atoms with van der Waals surface area (Å²) in [4.78, 5) is 24.3. The zero-order valence-corrected chi connectivity index (χ0v) is 16.0. The third-order valence-corrected chi connectivity index (χ3v) is 5.78. The lowest BCUT2D eigenvalue weighted by Gasteiger charge is -2.17. The number of hydrogen-bond donors (Lipinski definition) is 4. The zero-order chi connectivity index (χ0) is 19.7. The van der Waals surface area contributed by atoms with E-state index in [0.717, 1.165) is 18.2 Å². The quantitative estimate of drug-likeness (QED) is 0.519. The lowest BCUT2D eigenvalue weighted by molar-refractivity contribution is -0.0288. The van der Waals surface area contributed by atoms with E-state index in [1.807, 2.05) is 0 Å². The van der Waals surface area contributed by atoms with E-state index in [-0.39, 0.29) is 17.0 Å². The highest BCUT2D eigenvalue weighted by Gasteiger charge is 2.44. The first kappa shape index (κ1) is 19.3. The van der Waals surface area contributed by atoms with Crippen LogP contribution in [0.25, 0.3) is 11.2 Å². The van der Waals surface area contributed by atoms with Crippen molar-refractivity contribution in [2.45, 2.75) is 37.0 Å². The molecular formula is C16H22N6O5S.